The molecule has 0 bridgehead atoms. The summed E-state index contributed by atoms with van der Waals surface area (Å²) in [5, 5.41) is 0. The molecular weight excluding hydrogens is 404 g/mol. The molecule has 0 atom stereocenters. The zero-order valence-corrected chi connectivity index (χ0v) is 18.3. The monoisotopic (exact) mass is 428 g/mol. The van der Waals surface area contributed by atoms with Crippen molar-refractivity contribution in [2.24, 2.45) is 0 Å². The van der Waals surface area contributed by atoms with Gasteiger partial charge in [0.25, 0.3) is 0 Å². The third-order valence-electron chi connectivity index (χ3n) is 4.68. The summed E-state index contributed by atoms with van der Waals surface area (Å²) in [5.74, 6) is 0.491. The molecule has 0 fully saturated rings. The Morgan fingerprint density at radius 3 is 1.66 bits per heavy atom. The summed E-state index contributed by atoms with van der Waals surface area (Å²) < 4.78 is 16.0. The Bertz CT molecular complexity index is 1170. The van der Waals surface area contributed by atoms with Crippen molar-refractivity contribution in [3.63, 3.8) is 0 Å². The minimum absolute atomic E-state index is 0.312. The van der Waals surface area contributed by atoms with Crippen LogP contribution in [0.3, 0.4) is 0 Å². The number of carbonyl (C=O) groups excluding carboxylic acids is 2. The molecule has 32 heavy (non-hydrogen) atoms. The van der Waals surface area contributed by atoms with Crippen molar-refractivity contribution in [2.75, 3.05) is 7.11 Å². The fraction of sp³-hybridized carbons (Fsp3) is 0.111. The summed E-state index contributed by atoms with van der Waals surface area (Å²) in [4.78, 5) is 23.7. The maximum atomic E-state index is 12.1. The van der Waals surface area contributed by atoms with Crippen LogP contribution in [-0.4, -0.2) is 19.0 Å². The van der Waals surface area contributed by atoms with Crippen molar-refractivity contribution in [1.29, 1.82) is 0 Å². The largest absolute Gasteiger partial charge is 0.497 e. The maximum absolute atomic E-state index is 12.1. The number of ether oxygens (including phenoxy) is 3. The third-order valence-corrected chi connectivity index (χ3v) is 4.68. The number of methoxy groups -OCH3 is 1. The highest BCUT2D eigenvalue weighted by molar-refractivity contribution is 5.90. The topological polar surface area (TPSA) is 61.8 Å². The first kappa shape index (κ1) is 22.6. The van der Waals surface area contributed by atoms with Crippen molar-refractivity contribution < 1.29 is 23.8 Å². The van der Waals surface area contributed by atoms with Crippen LogP contribution in [0.15, 0.2) is 91.0 Å². The van der Waals surface area contributed by atoms with Gasteiger partial charge in [-0.15, -0.1) is 0 Å². The summed E-state index contributed by atoms with van der Waals surface area (Å²) in [7, 11) is 1.55. The van der Waals surface area contributed by atoms with Gasteiger partial charge in [0, 0.05) is 22.8 Å². The molecule has 0 unspecified atom stereocenters. The molecule has 0 aromatic heterocycles. The highest BCUT2D eigenvalue weighted by Gasteiger charge is 2.13. The number of benzene rings is 3. The second-order valence-electron chi connectivity index (χ2n) is 7.30. The average Bonchev–Trinajstić information content (AvgIpc) is 2.79. The van der Waals surface area contributed by atoms with E-state index >= 15 is 0 Å². The fourth-order valence-corrected chi connectivity index (χ4v) is 2.89. The molecule has 5 nitrogen and oxygen atoms in total. The SMILES string of the molecule is C=C(C)C(=O)Oc1ccc(-c2ccc(-c3ccc(OC)cc3OC(=O)C(=C)C)cc2)cc1. The first-order valence-electron chi connectivity index (χ1n) is 9.92. The van der Waals surface area contributed by atoms with Gasteiger partial charge in [-0.25, -0.2) is 9.59 Å². The molecule has 0 aliphatic rings. The lowest BCUT2D eigenvalue weighted by Crippen LogP contribution is -2.09. The van der Waals surface area contributed by atoms with Crippen LogP contribution in [0.4, 0.5) is 0 Å². The van der Waals surface area contributed by atoms with Crippen LogP contribution in [0.2, 0.25) is 0 Å². The lowest BCUT2D eigenvalue weighted by Gasteiger charge is -2.13. The van der Waals surface area contributed by atoms with E-state index in [9.17, 15) is 9.59 Å². The van der Waals surface area contributed by atoms with Crippen LogP contribution in [0.5, 0.6) is 17.2 Å². The van der Waals surface area contributed by atoms with E-state index in [4.69, 9.17) is 14.2 Å². The van der Waals surface area contributed by atoms with Gasteiger partial charge in [0.1, 0.15) is 17.2 Å². The Morgan fingerprint density at radius 2 is 1.12 bits per heavy atom. The lowest BCUT2D eigenvalue weighted by molar-refractivity contribution is -0.130. The molecule has 0 saturated heterocycles. The molecule has 0 aliphatic carbocycles. The normalized spacial score (nSPS) is 10.2. The van der Waals surface area contributed by atoms with Crippen LogP contribution in [-0.2, 0) is 9.59 Å². The summed E-state index contributed by atoms with van der Waals surface area (Å²) in [6.45, 7) is 10.4. The molecule has 0 radical (unpaired) electrons. The molecule has 3 rings (SSSR count). The average molecular weight is 428 g/mol. The molecule has 0 aliphatic heterocycles. The second-order valence-corrected chi connectivity index (χ2v) is 7.30. The van der Waals surface area contributed by atoms with Gasteiger partial charge in [0.2, 0.25) is 0 Å². The highest BCUT2D eigenvalue weighted by Crippen LogP contribution is 2.35. The van der Waals surface area contributed by atoms with Gasteiger partial charge in [0.15, 0.2) is 0 Å². The Hall–Kier alpha value is -4.12. The second kappa shape index (κ2) is 9.79. The summed E-state index contributed by atoms with van der Waals surface area (Å²) in [6, 6.07) is 20.4. The first-order chi connectivity index (χ1) is 15.3. The van der Waals surface area contributed by atoms with Gasteiger partial charge in [0.05, 0.1) is 7.11 Å². The zero-order chi connectivity index (χ0) is 23.3. The third kappa shape index (κ3) is 5.32. The summed E-state index contributed by atoms with van der Waals surface area (Å²) in [5.41, 5.74) is 4.25. The van der Waals surface area contributed by atoms with Crippen molar-refractivity contribution in [2.45, 2.75) is 13.8 Å². The van der Waals surface area contributed by atoms with Crippen molar-refractivity contribution in [3.8, 4) is 39.5 Å². The van der Waals surface area contributed by atoms with E-state index in [-0.39, 0.29) is 0 Å². The fourth-order valence-electron chi connectivity index (χ4n) is 2.89. The molecule has 0 heterocycles. The smallest absolute Gasteiger partial charge is 0.338 e. The van der Waals surface area contributed by atoms with E-state index in [0.717, 1.165) is 22.3 Å². The minimum atomic E-state index is -0.497. The number of hydrogen-bond donors (Lipinski definition) is 0. The molecule has 0 saturated carbocycles. The van der Waals surface area contributed by atoms with E-state index in [2.05, 4.69) is 13.2 Å². The van der Waals surface area contributed by atoms with E-state index in [1.807, 2.05) is 48.5 Å². The van der Waals surface area contributed by atoms with Crippen LogP contribution in [0.1, 0.15) is 13.8 Å². The Morgan fingerprint density at radius 1 is 0.656 bits per heavy atom. The Labute approximate surface area is 187 Å². The van der Waals surface area contributed by atoms with Gasteiger partial charge in [-0.05, 0) is 54.8 Å². The number of rotatable bonds is 7. The maximum Gasteiger partial charge on any atom is 0.338 e. The van der Waals surface area contributed by atoms with E-state index in [0.29, 0.717) is 28.4 Å². The first-order valence-corrected chi connectivity index (χ1v) is 9.92. The van der Waals surface area contributed by atoms with Crippen LogP contribution < -0.4 is 14.2 Å². The van der Waals surface area contributed by atoms with Crippen LogP contribution in [0, 0.1) is 0 Å². The minimum Gasteiger partial charge on any atom is -0.497 e. The quantitative estimate of drug-likeness (QED) is 0.263. The van der Waals surface area contributed by atoms with Gasteiger partial charge in [-0.3, -0.25) is 0 Å². The molecule has 0 N–H and O–H groups in total. The predicted octanol–water partition coefficient (Wildman–Crippen LogP) is 5.99. The van der Waals surface area contributed by atoms with Gasteiger partial charge in [-0.1, -0.05) is 49.6 Å². The summed E-state index contributed by atoms with van der Waals surface area (Å²) in [6.07, 6.45) is 0. The van der Waals surface area contributed by atoms with E-state index in [1.54, 1.807) is 39.2 Å². The lowest BCUT2D eigenvalue weighted by atomic mass is 9.99. The van der Waals surface area contributed by atoms with E-state index < -0.39 is 11.9 Å². The Balaban J connectivity index is 1.85. The molecule has 5 heteroatoms. The van der Waals surface area contributed by atoms with Crippen LogP contribution in [0.25, 0.3) is 22.3 Å². The van der Waals surface area contributed by atoms with Crippen molar-refractivity contribution >= 4 is 11.9 Å². The molecule has 162 valence electrons. The van der Waals surface area contributed by atoms with Crippen molar-refractivity contribution in [1.82, 2.24) is 0 Å². The zero-order valence-electron chi connectivity index (χ0n) is 18.3. The van der Waals surface area contributed by atoms with Gasteiger partial charge >= 0.3 is 11.9 Å². The molecule has 3 aromatic rings. The molecular formula is C27H24O5. The van der Waals surface area contributed by atoms with Crippen LogP contribution >= 0.6 is 0 Å². The standard InChI is InChI=1S/C27H24O5/c1-17(2)26(28)31-22-12-10-20(11-13-22)19-6-8-21(9-7-19)24-15-14-23(30-5)16-25(24)32-27(29)18(3)4/h6-16H,1,3H2,2,4-5H3. The van der Waals surface area contributed by atoms with Gasteiger partial charge in [-0.2, -0.15) is 0 Å². The van der Waals surface area contributed by atoms with Crippen molar-refractivity contribution in [3.05, 3.63) is 91.0 Å². The predicted molar refractivity (Wildman–Crippen MR) is 125 cm³/mol. The molecule has 0 amide bonds. The number of hydrogen-bond acceptors (Lipinski definition) is 5. The molecule has 0 spiro atoms. The van der Waals surface area contributed by atoms with E-state index in [1.165, 1.54) is 0 Å². The Kier molecular flexibility index (Phi) is 6.90. The van der Waals surface area contributed by atoms with Gasteiger partial charge < -0.3 is 14.2 Å². The number of esters is 2. The summed E-state index contributed by atoms with van der Waals surface area (Å²) >= 11 is 0. The number of carbonyl (C=O) groups is 2. The highest BCUT2D eigenvalue weighted by atomic mass is 16.5. The molecule has 3 aromatic carbocycles.